The molecule has 1 atom stereocenters. The lowest BCUT2D eigenvalue weighted by molar-refractivity contribution is -0.120. The fraction of sp³-hybridized carbons (Fsp3) is 0.381. The van der Waals surface area contributed by atoms with Crippen molar-refractivity contribution in [1.82, 2.24) is 14.4 Å². The third-order valence-electron chi connectivity index (χ3n) is 5.33. The molecule has 0 aliphatic carbocycles. The summed E-state index contributed by atoms with van der Waals surface area (Å²) in [6, 6.07) is 8.66. The summed E-state index contributed by atoms with van der Waals surface area (Å²) in [6.07, 6.45) is 1.23. The first-order chi connectivity index (χ1) is 15.3. The van der Waals surface area contributed by atoms with Gasteiger partial charge in [-0.25, -0.2) is 8.42 Å². The van der Waals surface area contributed by atoms with Crippen LogP contribution >= 0.6 is 11.3 Å². The average Bonchev–Trinajstić information content (AvgIpc) is 3.39. The van der Waals surface area contributed by atoms with E-state index in [2.05, 4.69) is 15.5 Å². The first-order valence-electron chi connectivity index (χ1n) is 10.1. The van der Waals surface area contributed by atoms with Gasteiger partial charge >= 0.3 is 0 Å². The predicted molar refractivity (Wildman–Crippen MR) is 120 cm³/mol. The van der Waals surface area contributed by atoms with Crippen molar-refractivity contribution in [3.63, 3.8) is 0 Å². The van der Waals surface area contributed by atoms with Crippen molar-refractivity contribution in [2.75, 3.05) is 25.5 Å². The van der Waals surface area contributed by atoms with E-state index in [1.54, 1.807) is 51.3 Å². The molecular formula is C21H24N4O5S2. The normalized spacial score (nSPS) is 17.3. The highest BCUT2D eigenvalue weighted by Gasteiger charge is 2.35. The van der Waals surface area contributed by atoms with Gasteiger partial charge in [0.1, 0.15) is 5.75 Å². The van der Waals surface area contributed by atoms with Gasteiger partial charge in [0.2, 0.25) is 27.6 Å². The number of nitrogens with zero attached hydrogens (tertiary/aromatic N) is 3. The number of aromatic nitrogens is 2. The van der Waals surface area contributed by atoms with Crippen molar-refractivity contribution in [2.45, 2.75) is 31.6 Å². The number of carbonyl (C=O) groups excluding carboxylic acids is 1. The number of piperidine rings is 1. The van der Waals surface area contributed by atoms with Crippen molar-refractivity contribution in [3.05, 3.63) is 41.1 Å². The molecule has 32 heavy (non-hydrogen) atoms. The van der Waals surface area contributed by atoms with E-state index in [1.165, 1.54) is 15.6 Å². The summed E-state index contributed by atoms with van der Waals surface area (Å²) >= 11 is 1.30. The van der Waals surface area contributed by atoms with Crippen LogP contribution in [0.4, 0.5) is 5.69 Å². The monoisotopic (exact) mass is 476 g/mol. The third kappa shape index (κ3) is 4.54. The molecule has 1 N–H and O–H groups in total. The van der Waals surface area contributed by atoms with Crippen LogP contribution in [0.5, 0.6) is 5.75 Å². The van der Waals surface area contributed by atoms with E-state index >= 15 is 0 Å². The minimum absolute atomic E-state index is 0.129. The Bertz CT molecular complexity index is 1230. The van der Waals surface area contributed by atoms with E-state index in [4.69, 9.17) is 9.26 Å². The molecule has 3 aromatic rings. The molecule has 0 bridgehead atoms. The van der Waals surface area contributed by atoms with Crippen molar-refractivity contribution in [3.8, 4) is 16.5 Å². The standard InChI is InChI=1S/C21H24N4O5S2/c1-13-19(11-18(31-13)20-22-14(2)30-24-20)32(27,28)25-9-5-6-15(12-25)21(26)23-16-7-4-8-17(10-16)29-3/h4,7-8,10-11,15H,5-6,9,12H2,1-3H3,(H,23,26)/t15-/m0/s1. The summed E-state index contributed by atoms with van der Waals surface area (Å²) < 4.78 is 38.4. The van der Waals surface area contributed by atoms with E-state index in [1.807, 2.05) is 0 Å². The molecule has 0 unspecified atom stereocenters. The summed E-state index contributed by atoms with van der Waals surface area (Å²) in [7, 11) is -2.21. The van der Waals surface area contributed by atoms with Gasteiger partial charge in [0.15, 0.2) is 0 Å². The van der Waals surface area contributed by atoms with Gasteiger partial charge in [0.25, 0.3) is 0 Å². The van der Waals surface area contributed by atoms with Gasteiger partial charge in [-0.1, -0.05) is 11.2 Å². The SMILES string of the molecule is COc1cccc(NC(=O)[C@H]2CCCN(S(=O)(=O)c3cc(-c4noc(C)n4)sc3C)C2)c1. The van der Waals surface area contributed by atoms with Gasteiger partial charge in [-0.15, -0.1) is 11.3 Å². The third-order valence-corrected chi connectivity index (χ3v) is 8.50. The highest BCUT2D eigenvalue weighted by atomic mass is 32.2. The maximum atomic E-state index is 13.4. The number of nitrogens with one attached hydrogen (secondary N) is 1. The second-order valence-electron chi connectivity index (χ2n) is 7.59. The summed E-state index contributed by atoms with van der Waals surface area (Å²) in [6.45, 7) is 3.94. The minimum atomic E-state index is -3.77. The highest BCUT2D eigenvalue weighted by Crippen LogP contribution is 2.35. The van der Waals surface area contributed by atoms with Crippen LogP contribution in [-0.4, -0.2) is 49.0 Å². The molecule has 4 rings (SSSR count). The van der Waals surface area contributed by atoms with Gasteiger partial charge in [0.05, 0.1) is 22.8 Å². The molecule has 1 saturated heterocycles. The molecule has 0 saturated carbocycles. The molecule has 2 aromatic heterocycles. The van der Waals surface area contributed by atoms with Gasteiger partial charge in [-0.3, -0.25) is 4.79 Å². The molecule has 11 heteroatoms. The molecule has 9 nitrogen and oxygen atoms in total. The molecule has 170 valence electrons. The summed E-state index contributed by atoms with van der Waals surface area (Å²) in [5, 5.41) is 6.75. The number of hydrogen-bond acceptors (Lipinski definition) is 8. The maximum absolute atomic E-state index is 13.4. The van der Waals surface area contributed by atoms with Crippen molar-refractivity contribution < 1.29 is 22.5 Å². The molecular weight excluding hydrogens is 452 g/mol. The van der Waals surface area contributed by atoms with Gasteiger partial charge in [-0.05, 0) is 38.0 Å². The van der Waals surface area contributed by atoms with Crippen LogP contribution in [0, 0.1) is 19.8 Å². The highest BCUT2D eigenvalue weighted by molar-refractivity contribution is 7.89. The van der Waals surface area contributed by atoms with Gasteiger partial charge < -0.3 is 14.6 Å². The van der Waals surface area contributed by atoms with Crippen LogP contribution in [0.3, 0.4) is 0 Å². The topological polar surface area (TPSA) is 115 Å². The first-order valence-corrected chi connectivity index (χ1v) is 12.4. The number of thiophene rings is 1. The number of anilines is 1. The van der Waals surface area contributed by atoms with Crippen LogP contribution < -0.4 is 10.1 Å². The fourth-order valence-corrected chi connectivity index (χ4v) is 6.70. The number of ether oxygens (including phenoxy) is 1. The van der Waals surface area contributed by atoms with Crippen LogP contribution in [0.15, 0.2) is 39.8 Å². The zero-order valence-corrected chi connectivity index (χ0v) is 19.6. The Morgan fingerprint density at radius 2 is 2.12 bits per heavy atom. The molecule has 0 radical (unpaired) electrons. The summed E-state index contributed by atoms with van der Waals surface area (Å²) in [5.41, 5.74) is 0.614. The minimum Gasteiger partial charge on any atom is -0.497 e. The Hall–Kier alpha value is -2.76. The molecule has 1 aliphatic rings. The second-order valence-corrected chi connectivity index (χ2v) is 10.8. The Kier molecular flexibility index (Phi) is 6.31. The quantitative estimate of drug-likeness (QED) is 0.579. The summed E-state index contributed by atoms with van der Waals surface area (Å²) in [4.78, 5) is 18.5. The number of rotatable bonds is 6. The molecule has 1 fully saturated rings. The van der Waals surface area contributed by atoms with Crippen molar-refractivity contribution in [1.29, 1.82) is 0 Å². The van der Waals surface area contributed by atoms with Crippen molar-refractivity contribution >= 4 is 33.0 Å². The molecule has 3 heterocycles. The smallest absolute Gasteiger partial charge is 0.244 e. The number of carbonyl (C=O) groups is 1. The molecule has 1 aliphatic heterocycles. The first kappa shape index (κ1) is 22.4. The predicted octanol–water partition coefficient (Wildman–Crippen LogP) is 3.46. The number of methoxy groups -OCH3 is 1. The summed E-state index contributed by atoms with van der Waals surface area (Å²) in [5.74, 6) is 0.768. The van der Waals surface area contributed by atoms with Crippen LogP contribution in [0.25, 0.3) is 10.7 Å². The Morgan fingerprint density at radius 1 is 1.31 bits per heavy atom. The Labute approximate surface area is 190 Å². The largest absolute Gasteiger partial charge is 0.497 e. The number of sulfonamides is 1. The van der Waals surface area contributed by atoms with Crippen LogP contribution in [-0.2, 0) is 14.8 Å². The van der Waals surface area contributed by atoms with Crippen LogP contribution in [0.2, 0.25) is 0 Å². The average molecular weight is 477 g/mol. The van der Waals surface area contributed by atoms with E-state index in [-0.39, 0.29) is 17.3 Å². The fourth-order valence-electron chi connectivity index (χ4n) is 3.69. The van der Waals surface area contributed by atoms with E-state index in [0.29, 0.717) is 52.3 Å². The van der Waals surface area contributed by atoms with Gasteiger partial charge in [-0.2, -0.15) is 9.29 Å². The second kappa shape index (κ2) is 9.00. The van der Waals surface area contributed by atoms with Crippen LogP contribution in [0.1, 0.15) is 23.6 Å². The zero-order chi connectivity index (χ0) is 22.9. The zero-order valence-electron chi connectivity index (χ0n) is 18.0. The lowest BCUT2D eigenvalue weighted by Crippen LogP contribution is -2.43. The Morgan fingerprint density at radius 3 is 2.84 bits per heavy atom. The number of benzene rings is 1. The van der Waals surface area contributed by atoms with Gasteiger partial charge in [0, 0.05) is 36.6 Å². The molecule has 1 aromatic carbocycles. The number of aryl methyl sites for hydroxylation is 2. The molecule has 0 spiro atoms. The number of hydrogen-bond donors (Lipinski definition) is 1. The van der Waals surface area contributed by atoms with Crippen molar-refractivity contribution in [2.24, 2.45) is 5.92 Å². The Balaban J connectivity index is 1.51. The maximum Gasteiger partial charge on any atom is 0.244 e. The molecule has 1 amide bonds. The van der Waals surface area contributed by atoms with E-state index in [9.17, 15) is 13.2 Å². The van der Waals surface area contributed by atoms with E-state index in [0.717, 1.165) is 0 Å². The van der Waals surface area contributed by atoms with E-state index < -0.39 is 15.9 Å². The lowest BCUT2D eigenvalue weighted by Gasteiger charge is -2.31. The number of amides is 1. The lowest BCUT2D eigenvalue weighted by atomic mass is 9.98.